The summed E-state index contributed by atoms with van der Waals surface area (Å²) >= 11 is 8.24. The summed E-state index contributed by atoms with van der Waals surface area (Å²) in [6, 6.07) is 11.9. The van der Waals surface area contributed by atoms with E-state index in [1.165, 1.54) is 6.07 Å². The van der Waals surface area contributed by atoms with Crippen LogP contribution in [0.4, 0.5) is 5.69 Å². The third-order valence-electron chi connectivity index (χ3n) is 3.10. The van der Waals surface area contributed by atoms with Crippen molar-refractivity contribution in [3.63, 3.8) is 0 Å². The molecule has 0 fully saturated rings. The molecule has 0 saturated heterocycles. The molecule has 2 aromatic carbocycles. The molecule has 0 aliphatic rings. The largest absolute Gasteiger partial charge is 0.484 e. The minimum Gasteiger partial charge on any atom is -0.484 e. The van der Waals surface area contributed by atoms with Crippen molar-refractivity contribution in [3.8, 4) is 5.75 Å². The van der Waals surface area contributed by atoms with E-state index in [9.17, 15) is 14.7 Å². The number of thiocarbonyl (C=S) groups is 1. The van der Waals surface area contributed by atoms with E-state index >= 15 is 0 Å². The Bertz CT molecular complexity index is 809. The van der Waals surface area contributed by atoms with Gasteiger partial charge in [-0.2, -0.15) is 0 Å². The van der Waals surface area contributed by atoms with Gasteiger partial charge < -0.3 is 15.2 Å². The van der Waals surface area contributed by atoms with Gasteiger partial charge in [0, 0.05) is 4.47 Å². The molecule has 0 aliphatic heterocycles. The first-order valence-electron chi connectivity index (χ1n) is 7.18. The van der Waals surface area contributed by atoms with Crippen LogP contribution in [-0.2, 0) is 4.79 Å². The van der Waals surface area contributed by atoms with Crippen LogP contribution in [0.15, 0.2) is 46.9 Å². The zero-order chi connectivity index (χ0) is 18.4. The number of benzene rings is 2. The number of anilines is 1. The fourth-order valence-corrected chi connectivity index (χ4v) is 2.49. The smallest absolute Gasteiger partial charge is 0.337 e. The fourth-order valence-electron chi connectivity index (χ4n) is 1.90. The monoisotopic (exact) mass is 422 g/mol. The Morgan fingerprint density at radius 3 is 2.52 bits per heavy atom. The number of amides is 1. The number of carboxylic acid groups (broad SMARTS) is 1. The third kappa shape index (κ3) is 5.84. The summed E-state index contributed by atoms with van der Waals surface area (Å²) in [5, 5.41) is 14.3. The van der Waals surface area contributed by atoms with E-state index in [-0.39, 0.29) is 23.0 Å². The summed E-state index contributed by atoms with van der Waals surface area (Å²) in [4.78, 5) is 23.1. The molecular weight excluding hydrogens is 408 g/mol. The van der Waals surface area contributed by atoms with E-state index in [0.29, 0.717) is 10.2 Å². The standard InChI is InChI=1S/C17H15BrN2O4S/c1-10-2-5-12(6-3-10)24-9-15(21)20-17(25)19-14-7-4-11(18)8-13(14)16(22)23/h2-8H,9H2,1H3,(H,22,23)(H2,19,20,21,25). The van der Waals surface area contributed by atoms with Crippen LogP contribution in [0.5, 0.6) is 5.75 Å². The first kappa shape index (κ1) is 18.9. The number of hydrogen-bond acceptors (Lipinski definition) is 4. The van der Waals surface area contributed by atoms with E-state index in [1.807, 2.05) is 19.1 Å². The van der Waals surface area contributed by atoms with E-state index in [0.717, 1.165) is 5.56 Å². The van der Waals surface area contributed by atoms with Gasteiger partial charge in [-0.15, -0.1) is 0 Å². The second-order valence-corrected chi connectivity index (χ2v) is 6.42. The highest BCUT2D eigenvalue weighted by Crippen LogP contribution is 2.21. The molecule has 0 unspecified atom stereocenters. The number of ether oxygens (including phenoxy) is 1. The molecule has 2 rings (SSSR count). The highest BCUT2D eigenvalue weighted by molar-refractivity contribution is 9.10. The van der Waals surface area contributed by atoms with E-state index in [2.05, 4.69) is 26.6 Å². The molecule has 0 spiro atoms. The average molecular weight is 423 g/mol. The van der Waals surface area contributed by atoms with Crippen LogP contribution in [0, 0.1) is 6.92 Å². The predicted molar refractivity (Wildman–Crippen MR) is 102 cm³/mol. The summed E-state index contributed by atoms with van der Waals surface area (Å²) in [6.45, 7) is 1.74. The first-order valence-corrected chi connectivity index (χ1v) is 8.38. The number of carboxylic acids is 1. The molecule has 0 heterocycles. The van der Waals surface area contributed by atoms with Gasteiger partial charge >= 0.3 is 5.97 Å². The quantitative estimate of drug-likeness (QED) is 0.640. The number of aryl methyl sites for hydroxylation is 1. The number of nitrogens with one attached hydrogen (secondary N) is 2. The Morgan fingerprint density at radius 2 is 1.88 bits per heavy atom. The van der Waals surface area contributed by atoms with Crippen LogP contribution in [-0.4, -0.2) is 28.7 Å². The lowest BCUT2D eigenvalue weighted by atomic mass is 10.2. The molecule has 0 aromatic heterocycles. The lowest BCUT2D eigenvalue weighted by Gasteiger charge is -2.12. The zero-order valence-corrected chi connectivity index (χ0v) is 15.6. The van der Waals surface area contributed by atoms with Gasteiger partial charge in [-0.05, 0) is 49.5 Å². The molecule has 0 aliphatic carbocycles. The maximum absolute atomic E-state index is 11.9. The molecule has 130 valence electrons. The zero-order valence-electron chi connectivity index (χ0n) is 13.2. The summed E-state index contributed by atoms with van der Waals surface area (Å²) < 4.78 is 5.97. The van der Waals surface area contributed by atoms with Gasteiger partial charge in [-0.1, -0.05) is 33.6 Å². The summed E-state index contributed by atoms with van der Waals surface area (Å²) in [5.74, 6) is -0.992. The van der Waals surface area contributed by atoms with Crippen molar-refractivity contribution in [1.82, 2.24) is 5.32 Å². The van der Waals surface area contributed by atoms with Crippen LogP contribution in [0.1, 0.15) is 15.9 Å². The maximum atomic E-state index is 11.9. The lowest BCUT2D eigenvalue weighted by molar-refractivity contribution is -0.121. The predicted octanol–water partition coefficient (Wildman–Crippen LogP) is 3.35. The lowest BCUT2D eigenvalue weighted by Crippen LogP contribution is -2.37. The minimum absolute atomic E-state index is 0.0117. The van der Waals surface area contributed by atoms with Crippen molar-refractivity contribution in [1.29, 1.82) is 0 Å². The van der Waals surface area contributed by atoms with Gasteiger partial charge in [0.15, 0.2) is 11.7 Å². The first-order chi connectivity index (χ1) is 11.8. The average Bonchev–Trinajstić information content (AvgIpc) is 2.55. The van der Waals surface area contributed by atoms with Gasteiger partial charge in [-0.25, -0.2) is 4.79 Å². The van der Waals surface area contributed by atoms with Crippen molar-refractivity contribution in [2.45, 2.75) is 6.92 Å². The minimum atomic E-state index is -1.11. The van der Waals surface area contributed by atoms with Crippen molar-refractivity contribution >= 4 is 50.8 Å². The van der Waals surface area contributed by atoms with Crippen molar-refractivity contribution in [2.24, 2.45) is 0 Å². The normalized spacial score (nSPS) is 10.0. The van der Waals surface area contributed by atoms with Crippen LogP contribution in [0.3, 0.4) is 0 Å². The number of rotatable bonds is 5. The molecule has 0 radical (unpaired) electrons. The van der Waals surface area contributed by atoms with Gasteiger partial charge in [0.1, 0.15) is 5.75 Å². The highest BCUT2D eigenvalue weighted by Gasteiger charge is 2.13. The number of carbonyl (C=O) groups is 2. The Morgan fingerprint density at radius 1 is 1.20 bits per heavy atom. The van der Waals surface area contributed by atoms with Crippen LogP contribution >= 0.6 is 28.1 Å². The Labute approximate surface area is 158 Å². The Balaban J connectivity index is 1.90. The third-order valence-corrected chi connectivity index (χ3v) is 3.80. The SMILES string of the molecule is Cc1ccc(OCC(=O)NC(=S)Nc2ccc(Br)cc2C(=O)O)cc1. The number of halogens is 1. The molecule has 25 heavy (non-hydrogen) atoms. The molecule has 1 amide bonds. The summed E-state index contributed by atoms with van der Waals surface area (Å²) in [7, 11) is 0. The van der Waals surface area contributed by atoms with E-state index < -0.39 is 11.9 Å². The van der Waals surface area contributed by atoms with Crippen LogP contribution in [0.25, 0.3) is 0 Å². The van der Waals surface area contributed by atoms with Crippen molar-refractivity contribution in [2.75, 3.05) is 11.9 Å². The van der Waals surface area contributed by atoms with Gasteiger partial charge in [0.05, 0.1) is 11.3 Å². The molecule has 8 heteroatoms. The summed E-state index contributed by atoms with van der Waals surface area (Å²) in [6.07, 6.45) is 0. The number of aromatic carboxylic acids is 1. The second kappa shape index (κ2) is 8.59. The number of carbonyl (C=O) groups excluding carboxylic acids is 1. The Kier molecular flexibility index (Phi) is 6.49. The number of hydrogen-bond donors (Lipinski definition) is 3. The van der Waals surface area contributed by atoms with Gasteiger partial charge in [0.2, 0.25) is 0 Å². The highest BCUT2D eigenvalue weighted by atomic mass is 79.9. The molecule has 0 saturated carbocycles. The van der Waals surface area contributed by atoms with E-state index in [4.69, 9.17) is 17.0 Å². The fraction of sp³-hybridized carbons (Fsp3) is 0.118. The molecule has 2 aromatic rings. The van der Waals surface area contributed by atoms with Crippen molar-refractivity contribution < 1.29 is 19.4 Å². The molecule has 6 nitrogen and oxygen atoms in total. The summed E-state index contributed by atoms with van der Waals surface area (Å²) in [5.41, 5.74) is 1.40. The second-order valence-electron chi connectivity index (χ2n) is 5.10. The molecule has 0 bridgehead atoms. The topological polar surface area (TPSA) is 87.7 Å². The van der Waals surface area contributed by atoms with Crippen LogP contribution in [0.2, 0.25) is 0 Å². The Hall–Kier alpha value is -2.45. The van der Waals surface area contributed by atoms with Crippen molar-refractivity contribution in [3.05, 3.63) is 58.1 Å². The molecule has 3 N–H and O–H groups in total. The van der Waals surface area contributed by atoms with Gasteiger partial charge in [0.25, 0.3) is 5.91 Å². The van der Waals surface area contributed by atoms with Gasteiger partial charge in [-0.3, -0.25) is 10.1 Å². The molecule has 0 atom stereocenters. The van der Waals surface area contributed by atoms with E-state index in [1.54, 1.807) is 24.3 Å². The van der Waals surface area contributed by atoms with Crippen LogP contribution < -0.4 is 15.4 Å². The maximum Gasteiger partial charge on any atom is 0.337 e. The molecular formula is C17H15BrN2O4S.